The van der Waals surface area contributed by atoms with Crippen LogP contribution in [0.1, 0.15) is 45.5 Å². The van der Waals surface area contributed by atoms with Gasteiger partial charge in [-0.25, -0.2) is 4.79 Å². The first kappa shape index (κ1) is 16.1. The summed E-state index contributed by atoms with van der Waals surface area (Å²) in [6.45, 7) is 0.346. The van der Waals surface area contributed by atoms with Gasteiger partial charge in [0.2, 0.25) is 0 Å². The lowest BCUT2D eigenvalue weighted by atomic mass is 9.96. The Hall–Kier alpha value is -2.82. The van der Waals surface area contributed by atoms with Crippen LogP contribution < -0.4 is 10.1 Å². The van der Waals surface area contributed by atoms with Gasteiger partial charge in [-0.15, -0.1) is 0 Å². The van der Waals surface area contributed by atoms with Crippen molar-refractivity contribution in [2.45, 2.75) is 31.9 Å². The fourth-order valence-corrected chi connectivity index (χ4v) is 2.42. The molecule has 2 N–H and O–H groups in total. The molecule has 1 fully saturated rings. The lowest BCUT2D eigenvalue weighted by molar-refractivity contribution is 0.0696. The minimum absolute atomic E-state index is 0.174. The van der Waals surface area contributed by atoms with E-state index < -0.39 is 5.97 Å². The summed E-state index contributed by atoms with van der Waals surface area (Å²) in [5, 5.41) is 11.7. The Kier molecular flexibility index (Phi) is 4.79. The third-order valence-corrected chi connectivity index (χ3v) is 4.13. The highest BCUT2D eigenvalue weighted by atomic mass is 16.5. The van der Waals surface area contributed by atoms with Crippen LogP contribution in [0.4, 0.5) is 0 Å². The van der Waals surface area contributed by atoms with Crippen molar-refractivity contribution in [3.63, 3.8) is 0 Å². The van der Waals surface area contributed by atoms with E-state index in [0.29, 0.717) is 18.2 Å². The Balaban J connectivity index is 1.53. The van der Waals surface area contributed by atoms with Crippen molar-refractivity contribution in [3.05, 3.63) is 65.2 Å². The van der Waals surface area contributed by atoms with Gasteiger partial charge in [-0.1, -0.05) is 12.1 Å². The number of carboxylic acids is 1. The van der Waals surface area contributed by atoms with Crippen molar-refractivity contribution in [2.75, 3.05) is 0 Å². The highest BCUT2D eigenvalue weighted by Gasteiger charge is 2.19. The van der Waals surface area contributed by atoms with Crippen molar-refractivity contribution in [1.82, 2.24) is 5.32 Å². The molecule has 0 aromatic heterocycles. The van der Waals surface area contributed by atoms with Crippen LogP contribution in [0.5, 0.6) is 5.75 Å². The maximum Gasteiger partial charge on any atom is 0.335 e. The van der Waals surface area contributed by atoms with Gasteiger partial charge in [0.15, 0.2) is 0 Å². The standard InChI is InChI=1S/C19H19NO4/c21-18(20-12-13-4-6-15(7-5-13)19(22)23)14-8-10-17(11-9-14)24-16-2-1-3-16/h4-11,16H,1-3,12H2,(H,20,21)(H,22,23). The normalized spacial score (nSPS) is 13.8. The summed E-state index contributed by atoms with van der Waals surface area (Å²) >= 11 is 0. The molecule has 0 unspecified atom stereocenters. The lowest BCUT2D eigenvalue weighted by Gasteiger charge is -2.26. The van der Waals surface area contributed by atoms with Crippen LogP contribution in [0.25, 0.3) is 0 Å². The average Bonchev–Trinajstić information content (AvgIpc) is 2.57. The number of carbonyl (C=O) groups excluding carboxylic acids is 1. The van der Waals surface area contributed by atoms with Gasteiger partial charge in [0, 0.05) is 12.1 Å². The molecule has 5 heteroatoms. The largest absolute Gasteiger partial charge is 0.490 e. The van der Waals surface area contributed by atoms with E-state index in [4.69, 9.17) is 9.84 Å². The Morgan fingerprint density at radius 1 is 1.00 bits per heavy atom. The van der Waals surface area contributed by atoms with Crippen LogP contribution in [-0.4, -0.2) is 23.1 Å². The van der Waals surface area contributed by atoms with Gasteiger partial charge >= 0.3 is 5.97 Å². The maximum atomic E-state index is 12.1. The average molecular weight is 325 g/mol. The quantitative estimate of drug-likeness (QED) is 0.855. The van der Waals surface area contributed by atoms with Gasteiger partial charge in [0.25, 0.3) is 5.91 Å². The molecular formula is C19H19NO4. The van der Waals surface area contributed by atoms with E-state index in [0.717, 1.165) is 24.2 Å². The number of aromatic carboxylic acids is 1. The van der Waals surface area contributed by atoms with E-state index >= 15 is 0 Å². The van der Waals surface area contributed by atoms with E-state index in [1.54, 1.807) is 24.3 Å². The third-order valence-electron chi connectivity index (χ3n) is 4.13. The van der Waals surface area contributed by atoms with E-state index in [1.165, 1.54) is 18.6 Å². The van der Waals surface area contributed by atoms with Crippen molar-refractivity contribution in [3.8, 4) is 5.75 Å². The molecule has 1 aliphatic carbocycles. The highest BCUT2D eigenvalue weighted by molar-refractivity contribution is 5.94. The van der Waals surface area contributed by atoms with Gasteiger partial charge in [-0.05, 0) is 61.2 Å². The minimum Gasteiger partial charge on any atom is -0.490 e. The molecule has 0 saturated heterocycles. The number of amides is 1. The summed E-state index contributed by atoms with van der Waals surface area (Å²) in [4.78, 5) is 22.9. The first-order valence-corrected chi connectivity index (χ1v) is 7.99. The topological polar surface area (TPSA) is 75.6 Å². The SMILES string of the molecule is O=C(O)c1ccc(CNC(=O)c2ccc(OC3CCC3)cc2)cc1. The summed E-state index contributed by atoms with van der Waals surface area (Å²) in [5.74, 6) is -0.345. The zero-order chi connectivity index (χ0) is 16.9. The van der Waals surface area contributed by atoms with Crippen LogP contribution >= 0.6 is 0 Å². The third kappa shape index (κ3) is 3.93. The molecule has 2 aromatic carbocycles. The fraction of sp³-hybridized carbons (Fsp3) is 0.263. The molecule has 0 bridgehead atoms. The first-order chi connectivity index (χ1) is 11.6. The molecule has 3 rings (SSSR count). The number of hydrogen-bond donors (Lipinski definition) is 2. The molecule has 24 heavy (non-hydrogen) atoms. The Labute approximate surface area is 140 Å². The molecule has 124 valence electrons. The first-order valence-electron chi connectivity index (χ1n) is 7.99. The number of benzene rings is 2. The summed E-state index contributed by atoms with van der Waals surface area (Å²) in [5.41, 5.74) is 1.64. The zero-order valence-electron chi connectivity index (χ0n) is 13.2. The number of carbonyl (C=O) groups is 2. The Morgan fingerprint density at radius 2 is 1.62 bits per heavy atom. The minimum atomic E-state index is -0.963. The summed E-state index contributed by atoms with van der Waals surface area (Å²) in [7, 11) is 0. The second kappa shape index (κ2) is 7.17. The number of hydrogen-bond acceptors (Lipinski definition) is 3. The number of nitrogens with one attached hydrogen (secondary N) is 1. The van der Waals surface area contributed by atoms with Crippen LogP contribution in [0, 0.1) is 0 Å². The second-order valence-electron chi connectivity index (χ2n) is 5.88. The summed E-state index contributed by atoms with van der Waals surface area (Å²) in [6.07, 6.45) is 3.74. The molecular weight excluding hydrogens is 306 g/mol. The van der Waals surface area contributed by atoms with Crippen LogP contribution in [-0.2, 0) is 6.54 Å². The van der Waals surface area contributed by atoms with E-state index in [2.05, 4.69) is 5.32 Å². The molecule has 1 aliphatic rings. The summed E-state index contributed by atoms with van der Waals surface area (Å²) < 4.78 is 5.77. The van der Waals surface area contributed by atoms with Crippen molar-refractivity contribution >= 4 is 11.9 Å². The fourth-order valence-electron chi connectivity index (χ4n) is 2.42. The van der Waals surface area contributed by atoms with Crippen molar-refractivity contribution in [1.29, 1.82) is 0 Å². The molecule has 2 aromatic rings. The second-order valence-corrected chi connectivity index (χ2v) is 5.88. The molecule has 0 radical (unpaired) electrons. The van der Waals surface area contributed by atoms with E-state index in [1.807, 2.05) is 12.1 Å². The lowest BCUT2D eigenvalue weighted by Crippen LogP contribution is -2.25. The summed E-state index contributed by atoms with van der Waals surface area (Å²) in [6, 6.07) is 13.6. The van der Waals surface area contributed by atoms with Gasteiger partial charge in [0.1, 0.15) is 5.75 Å². The van der Waals surface area contributed by atoms with Crippen LogP contribution in [0.3, 0.4) is 0 Å². The van der Waals surface area contributed by atoms with Gasteiger partial charge in [-0.2, -0.15) is 0 Å². The monoisotopic (exact) mass is 325 g/mol. The molecule has 1 saturated carbocycles. The van der Waals surface area contributed by atoms with Crippen molar-refractivity contribution < 1.29 is 19.4 Å². The Morgan fingerprint density at radius 3 is 2.17 bits per heavy atom. The van der Waals surface area contributed by atoms with Crippen LogP contribution in [0.15, 0.2) is 48.5 Å². The van der Waals surface area contributed by atoms with E-state index in [-0.39, 0.29) is 11.5 Å². The van der Waals surface area contributed by atoms with E-state index in [9.17, 15) is 9.59 Å². The molecule has 0 heterocycles. The predicted molar refractivity (Wildman–Crippen MR) is 89.3 cm³/mol. The number of rotatable bonds is 6. The molecule has 0 spiro atoms. The van der Waals surface area contributed by atoms with Crippen molar-refractivity contribution in [2.24, 2.45) is 0 Å². The van der Waals surface area contributed by atoms with Gasteiger partial charge in [-0.3, -0.25) is 4.79 Å². The molecule has 0 atom stereocenters. The maximum absolute atomic E-state index is 12.1. The highest BCUT2D eigenvalue weighted by Crippen LogP contribution is 2.25. The number of carboxylic acid groups (broad SMARTS) is 1. The Bertz CT molecular complexity index is 718. The van der Waals surface area contributed by atoms with Gasteiger partial charge < -0.3 is 15.2 Å². The zero-order valence-corrected chi connectivity index (χ0v) is 13.2. The molecule has 1 amide bonds. The molecule has 5 nitrogen and oxygen atoms in total. The number of ether oxygens (including phenoxy) is 1. The smallest absolute Gasteiger partial charge is 0.335 e. The van der Waals surface area contributed by atoms with Gasteiger partial charge in [0.05, 0.1) is 11.7 Å². The molecule has 0 aliphatic heterocycles. The van der Waals surface area contributed by atoms with Crippen LogP contribution in [0.2, 0.25) is 0 Å². The predicted octanol–water partition coefficient (Wildman–Crippen LogP) is 3.25.